The van der Waals surface area contributed by atoms with Crippen LogP contribution in [0.3, 0.4) is 0 Å². The van der Waals surface area contributed by atoms with Crippen molar-refractivity contribution >= 4 is 0 Å². The number of hydrogen-bond donors (Lipinski definition) is 0. The quantitative estimate of drug-likeness (QED) is 0.737. The average Bonchev–Trinajstić information content (AvgIpc) is 3.22. The van der Waals surface area contributed by atoms with E-state index in [1.54, 1.807) is 0 Å². The molecule has 25 heavy (non-hydrogen) atoms. The maximum Gasteiger partial charge on any atom is 0.112 e. The molecular formula is C20H23N5. The molecule has 0 bridgehead atoms. The first-order valence-electron chi connectivity index (χ1n) is 9.13. The molecule has 3 heterocycles. The van der Waals surface area contributed by atoms with E-state index in [0.717, 1.165) is 37.7 Å². The summed E-state index contributed by atoms with van der Waals surface area (Å²) in [7, 11) is 2.20. The van der Waals surface area contributed by atoms with E-state index in [2.05, 4.69) is 45.9 Å². The highest BCUT2D eigenvalue weighted by molar-refractivity contribution is 5.34. The lowest BCUT2D eigenvalue weighted by atomic mass is 10.1. The lowest BCUT2D eigenvalue weighted by molar-refractivity contribution is 0.240. The summed E-state index contributed by atoms with van der Waals surface area (Å²) in [5, 5.41) is 4.28. The zero-order valence-corrected chi connectivity index (χ0v) is 14.6. The minimum atomic E-state index is 0.721. The van der Waals surface area contributed by atoms with Gasteiger partial charge in [0.05, 0.1) is 11.4 Å². The predicted molar refractivity (Wildman–Crippen MR) is 96.6 cm³/mol. The van der Waals surface area contributed by atoms with Crippen molar-refractivity contribution in [2.45, 2.75) is 38.3 Å². The van der Waals surface area contributed by atoms with Crippen molar-refractivity contribution in [2.24, 2.45) is 7.05 Å². The first-order chi connectivity index (χ1) is 12.3. The van der Waals surface area contributed by atoms with Gasteiger partial charge < -0.3 is 4.57 Å². The highest BCUT2D eigenvalue weighted by Gasteiger charge is 2.31. The monoisotopic (exact) mass is 333 g/mol. The summed E-state index contributed by atoms with van der Waals surface area (Å²) in [6.07, 6.45) is 7.52. The minimum absolute atomic E-state index is 0.721. The highest BCUT2D eigenvalue weighted by Crippen LogP contribution is 2.40. The second kappa shape index (κ2) is 5.85. The largest absolute Gasteiger partial charge is 0.335 e. The van der Waals surface area contributed by atoms with Crippen LogP contribution in [0.15, 0.2) is 42.7 Å². The maximum absolute atomic E-state index is 4.96. The van der Waals surface area contributed by atoms with Crippen molar-refractivity contribution < 1.29 is 0 Å². The number of fused-ring (bicyclic) bond motifs is 1. The van der Waals surface area contributed by atoms with Gasteiger partial charge in [0.25, 0.3) is 0 Å². The van der Waals surface area contributed by atoms with Crippen LogP contribution in [0, 0.1) is 0 Å². The third-order valence-corrected chi connectivity index (χ3v) is 5.42. The average molecular weight is 333 g/mol. The fourth-order valence-corrected chi connectivity index (χ4v) is 3.88. The standard InChI is InChI=1S/C20H23N5/c1-23-19-9-12-24(14-18(19)22-20(23)16-5-6-16)13-15-3-7-17(8-4-15)25-11-2-10-21-25/h2-4,7-8,10-11,16H,5-6,9,12-14H2,1H3. The van der Waals surface area contributed by atoms with Gasteiger partial charge in [-0.2, -0.15) is 5.10 Å². The van der Waals surface area contributed by atoms with Gasteiger partial charge in [0.15, 0.2) is 0 Å². The van der Waals surface area contributed by atoms with Gasteiger partial charge in [-0.05, 0) is 36.6 Å². The van der Waals surface area contributed by atoms with Crippen LogP contribution in [0.5, 0.6) is 0 Å². The van der Waals surface area contributed by atoms with Crippen molar-refractivity contribution in [3.8, 4) is 5.69 Å². The lowest BCUT2D eigenvalue weighted by Gasteiger charge is -2.26. The van der Waals surface area contributed by atoms with Gasteiger partial charge in [-0.25, -0.2) is 9.67 Å². The fourth-order valence-electron chi connectivity index (χ4n) is 3.88. The van der Waals surface area contributed by atoms with E-state index >= 15 is 0 Å². The van der Waals surface area contributed by atoms with Gasteiger partial charge in [-0.15, -0.1) is 0 Å². The van der Waals surface area contributed by atoms with E-state index in [1.807, 2.05) is 23.1 Å². The second-order valence-corrected chi connectivity index (χ2v) is 7.27. The number of hydrogen-bond acceptors (Lipinski definition) is 3. The summed E-state index contributed by atoms with van der Waals surface area (Å²) in [4.78, 5) is 7.47. The van der Waals surface area contributed by atoms with Gasteiger partial charge in [0.2, 0.25) is 0 Å². The van der Waals surface area contributed by atoms with E-state index in [0.29, 0.717) is 0 Å². The molecular weight excluding hydrogens is 310 g/mol. The molecule has 5 heteroatoms. The summed E-state index contributed by atoms with van der Waals surface area (Å²) in [6.45, 7) is 3.06. The molecule has 5 nitrogen and oxygen atoms in total. The Morgan fingerprint density at radius 3 is 2.72 bits per heavy atom. The number of imidazole rings is 1. The van der Waals surface area contributed by atoms with E-state index in [-0.39, 0.29) is 0 Å². The number of benzene rings is 1. The zero-order valence-electron chi connectivity index (χ0n) is 14.6. The number of aromatic nitrogens is 4. The van der Waals surface area contributed by atoms with E-state index in [4.69, 9.17) is 4.98 Å². The molecule has 3 aromatic rings. The molecule has 5 rings (SSSR count). The fraction of sp³-hybridized carbons (Fsp3) is 0.400. The SMILES string of the molecule is Cn1c(C2CC2)nc2c1CCN(Cc1ccc(-n3cccn3)cc1)C2. The molecule has 1 fully saturated rings. The molecule has 1 saturated carbocycles. The third-order valence-electron chi connectivity index (χ3n) is 5.42. The first-order valence-corrected chi connectivity index (χ1v) is 9.13. The Labute approximate surface area is 147 Å². The van der Waals surface area contributed by atoms with Crippen LogP contribution < -0.4 is 0 Å². The van der Waals surface area contributed by atoms with Crippen LogP contribution in [-0.4, -0.2) is 30.8 Å². The molecule has 2 aliphatic rings. The predicted octanol–water partition coefficient (Wildman–Crippen LogP) is 3.04. The molecule has 0 N–H and O–H groups in total. The Bertz CT molecular complexity index is 872. The molecule has 0 spiro atoms. The Hall–Kier alpha value is -2.40. The van der Waals surface area contributed by atoms with Gasteiger partial charge in [-0.1, -0.05) is 12.1 Å². The van der Waals surface area contributed by atoms with Crippen LogP contribution in [0.2, 0.25) is 0 Å². The van der Waals surface area contributed by atoms with Crippen LogP contribution in [0.1, 0.15) is 41.5 Å². The molecule has 1 aliphatic carbocycles. The smallest absolute Gasteiger partial charge is 0.112 e. The topological polar surface area (TPSA) is 38.9 Å². The molecule has 2 aromatic heterocycles. The van der Waals surface area contributed by atoms with Crippen LogP contribution in [-0.2, 0) is 26.6 Å². The summed E-state index contributed by atoms with van der Waals surface area (Å²) in [6, 6.07) is 10.6. The van der Waals surface area contributed by atoms with Gasteiger partial charge in [0.1, 0.15) is 5.82 Å². The number of nitrogens with zero attached hydrogens (tertiary/aromatic N) is 5. The van der Waals surface area contributed by atoms with Crippen molar-refractivity contribution in [1.29, 1.82) is 0 Å². The van der Waals surface area contributed by atoms with Crippen LogP contribution in [0.25, 0.3) is 5.69 Å². The molecule has 1 aromatic carbocycles. The van der Waals surface area contributed by atoms with Crippen LogP contribution in [0.4, 0.5) is 0 Å². The van der Waals surface area contributed by atoms with Crippen molar-refractivity contribution in [2.75, 3.05) is 6.54 Å². The Morgan fingerprint density at radius 1 is 1.16 bits per heavy atom. The van der Waals surface area contributed by atoms with E-state index in [9.17, 15) is 0 Å². The van der Waals surface area contributed by atoms with E-state index in [1.165, 1.54) is 35.6 Å². The minimum Gasteiger partial charge on any atom is -0.335 e. The van der Waals surface area contributed by atoms with Gasteiger partial charge in [-0.3, -0.25) is 4.90 Å². The normalized spacial score (nSPS) is 17.6. The summed E-state index contributed by atoms with van der Waals surface area (Å²) in [5.41, 5.74) is 5.20. The molecule has 1 aliphatic heterocycles. The van der Waals surface area contributed by atoms with Crippen molar-refractivity contribution in [1.82, 2.24) is 24.2 Å². The summed E-state index contributed by atoms with van der Waals surface area (Å²) in [5.74, 6) is 2.04. The molecule has 0 atom stereocenters. The lowest BCUT2D eigenvalue weighted by Crippen LogP contribution is -2.30. The highest BCUT2D eigenvalue weighted by atomic mass is 15.3. The molecule has 0 radical (unpaired) electrons. The third kappa shape index (κ3) is 2.78. The molecule has 128 valence electrons. The Morgan fingerprint density at radius 2 is 2.00 bits per heavy atom. The van der Waals surface area contributed by atoms with Gasteiger partial charge in [0, 0.05) is 57.1 Å². The van der Waals surface area contributed by atoms with Crippen molar-refractivity contribution in [3.05, 3.63) is 65.5 Å². The first kappa shape index (κ1) is 14.9. The molecule has 0 unspecified atom stereocenters. The summed E-state index contributed by atoms with van der Waals surface area (Å²) >= 11 is 0. The molecule has 0 amide bonds. The Balaban J connectivity index is 1.30. The number of rotatable bonds is 4. The van der Waals surface area contributed by atoms with Gasteiger partial charge >= 0.3 is 0 Å². The Kier molecular flexibility index (Phi) is 3.48. The second-order valence-electron chi connectivity index (χ2n) is 7.27. The molecule has 0 saturated heterocycles. The van der Waals surface area contributed by atoms with E-state index < -0.39 is 0 Å². The maximum atomic E-state index is 4.96. The summed E-state index contributed by atoms with van der Waals surface area (Å²) < 4.78 is 4.26. The zero-order chi connectivity index (χ0) is 16.8. The van der Waals surface area contributed by atoms with Crippen molar-refractivity contribution in [3.63, 3.8) is 0 Å². The van der Waals surface area contributed by atoms with Crippen LogP contribution >= 0.6 is 0 Å².